The van der Waals surface area contributed by atoms with Gasteiger partial charge in [0.25, 0.3) is 0 Å². The summed E-state index contributed by atoms with van der Waals surface area (Å²) in [6.07, 6.45) is 1.38. The molecule has 1 aromatic rings. The average molecular weight is 287 g/mol. The van der Waals surface area contributed by atoms with Crippen LogP contribution < -0.4 is 11.1 Å². The Labute approximate surface area is 121 Å². The molecule has 1 unspecified atom stereocenters. The average Bonchev–Trinajstić information content (AvgIpc) is 2.39. The highest BCUT2D eigenvalue weighted by Gasteiger charge is 2.17. The van der Waals surface area contributed by atoms with Gasteiger partial charge < -0.3 is 15.8 Å². The molecule has 0 fully saturated rings. The first-order chi connectivity index (χ1) is 8.67. The number of methoxy groups -OCH3 is 1. The van der Waals surface area contributed by atoms with Gasteiger partial charge in [0.05, 0.1) is 18.7 Å². The number of benzene rings is 1. The molecular formula is C14H23ClN2O2. The van der Waals surface area contributed by atoms with Crippen LogP contribution in [0.15, 0.2) is 30.3 Å². The van der Waals surface area contributed by atoms with Crippen molar-refractivity contribution in [2.24, 2.45) is 5.73 Å². The number of ether oxygens (including phenoxy) is 1. The van der Waals surface area contributed by atoms with Gasteiger partial charge in [-0.3, -0.25) is 4.79 Å². The first-order valence-corrected chi connectivity index (χ1v) is 6.26. The molecule has 1 aromatic carbocycles. The van der Waals surface area contributed by atoms with Crippen LogP contribution in [0.5, 0.6) is 0 Å². The SMILES string of the molecule is CCC(COC)NC(=O)[C@@H](N)Cc1ccccc1.Cl. The molecule has 0 heterocycles. The van der Waals surface area contributed by atoms with E-state index in [1.54, 1.807) is 7.11 Å². The van der Waals surface area contributed by atoms with E-state index in [1.165, 1.54) is 0 Å². The summed E-state index contributed by atoms with van der Waals surface area (Å²) in [7, 11) is 1.62. The summed E-state index contributed by atoms with van der Waals surface area (Å²) in [5.74, 6) is -0.122. The molecule has 19 heavy (non-hydrogen) atoms. The van der Waals surface area contributed by atoms with E-state index >= 15 is 0 Å². The molecule has 5 heteroatoms. The van der Waals surface area contributed by atoms with E-state index < -0.39 is 6.04 Å². The van der Waals surface area contributed by atoms with E-state index in [4.69, 9.17) is 10.5 Å². The van der Waals surface area contributed by atoms with Crippen molar-refractivity contribution in [2.45, 2.75) is 31.8 Å². The Kier molecular flexibility index (Phi) is 9.21. The van der Waals surface area contributed by atoms with Crippen molar-refractivity contribution in [1.29, 1.82) is 0 Å². The lowest BCUT2D eigenvalue weighted by Crippen LogP contribution is -2.47. The molecule has 0 aliphatic heterocycles. The van der Waals surface area contributed by atoms with E-state index in [0.29, 0.717) is 13.0 Å². The lowest BCUT2D eigenvalue weighted by molar-refractivity contribution is -0.123. The van der Waals surface area contributed by atoms with Crippen molar-refractivity contribution < 1.29 is 9.53 Å². The number of halogens is 1. The van der Waals surface area contributed by atoms with Gasteiger partial charge in [-0.15, -0.1) is 12.4 Å². The minimum absolute atomic E-state index is 0. The van der Waals surface area contributed by atoms with Gasteiger partial charge in [-0.2, -0.15) is 0 Å². The fraction of sp³-hybridized carbons (Fsp3) is 0.500. The molecule has 0 radical (unpaired) electrons. The second kappa shape index (κ2) is 9.78. The topological polar surface area (TPSA) is 64.3 Å². The van der Waals surface area contributed by atoms with E-state index in [-0.39, 0.29) is 24.4 Å². The number of carbonyl (C=O) groups excluding carboxylic acids is 1. The van der Waals surface area contributed by atoms with Crippen LogP contribution in [0.4, 0.5) is 0 Å². The molecule has 0 bridgehead atoms. The van der Waals surface area contributed by atoms with Crippen molar-refractivity contribution in [1.82, 2.24) is 5.32 Å². The van der Waals surface area contributed by atoms with Gasteiger partial charge in [0.2, 0.25) is 5.91 Å². The smallest absolute Gasteiger partial charge is 0.237 e. The number of carbonyl (C=O) groups is 1. The second-order valence-corrected chi connectivity index (χ2v) is 4.37. The largest absolute Gasteiger partial charge is 0.383 e. The molecule has 4 nitrogen and oxygen atoms in total. The van der Waals surface area contributed by atoms with Gasteiger partial charge in [-0.1, -0.05) is 37.3 Å². The summed E-state index contributed by atoms with van der Waals surface area (Å²) < 4.78 is 5.04. The molecule has 0 spiro atoms. The highest BCUT2D eigenvalue weighted by Crippen LogP contribution is 2.02. The summed E-state index contributed by atoms with van der Waals surface area (Å²) in [4.78, 5) is 11.9. The second-order valence-electron chi connectivity index (χ2n) is 4.37. The van der Waals surface area contributed by atoms with Gasteiger partial charge in [-0.05, 0) is 18.4 Å². The lowest BCUT2D eigenvalue weighted by Gasteiger charge is -2.19. The van der Waals surface area contributed by atoms with Crippen LogP contribution in [0.3, 0.4) is 0 Å². The Bertz CT molecular complexity index is 360. The Balaban J connectivity index is 0.00000324. The fourth-order valence-corrected chi connectivity index (χ4v) is 1.73. The van der Waals surface area contributed by atoms with Gasteiger partial charge in [0, 0.05) is 7.11 Å². The summed E-state index contributed by atoms with van der Waals surface area (Å²) >= 11 is 0. The fourth-order valence-electron chi connectivity index (χ4n) is 1.73. The van der Waals surface area contributed by atoms with Crippen LogP contribution in [-0.2, 0) is 16.0 Å². The molecule has 1 rings (SSSR count). The Morgan fingerprint density at radius 2 is 2.00 bits per heavy atom. The van der Waals surface area contributed by atoms with E-state index in [0.717, 1.165) is 12.0 Å². The molecule has 0 aliphatic carbocycles. The quantitative estimate of drug-likeness (QED) is 0.799. The van der Waals surface area contributed by atoms with Crippen LogP contribution in [0, 0.1) is 0 Å². The summed E-state index contributed by atoms with van der Waals surface area (Å²) in [6, 6.07) is 9.29. The number of hydrogen-bond acceptors (Lipinski definition) is 3. The third-order valence-electron chi connectivity index (χ3n) is 2.84. The molecule has 0 aromatic heterocycles. The predicted octanol–water partition coefficient (Wildman–Crippen LogP) is 1.52. The zero-order valence-electron chi connectivity index (χ0n) is 11.5. The van der Waals surface area contributed by atoms with E-state index in [1.807, 2.05) is 37.3 Å². The number of hydrogen-bond donors (Lipinski definition) is 2. The molecule has 2 atom stereocenters. The number of amides is 1. The summed E-state index contributed by atoms with van der Waals surface area (Å²) in [5.41, 5.74) is 6.96. The number of nitrogens with two attached hydrogens (primary N) is 1. The zero-order valence-corrected chi connectivity index (χ0v) is 12.3. The highest BCUT2D eigenvalue weighted by atomic mass is 35.5. The minimum Gasteiger partial charge on any atom is -0.383 e. The maximum atomic E-state index is 11.9. The zero-order chi connectivity index (χ0) is 13.4. The highest BCUT2D eigenvalue weighted by molar-refractivity contribution is 5.85. The molecular weight excluding hydrogens is 264 g/mol. The Hall–Kier alpha value is -1.10. The van der Waals surface area contributed by atoms with E-state index in [2.05, 4.69) is 5.32 Å². The third-order valence-corrected chi connectivity index (χ3v) is 2.84. The molecule has 3 N–H and O–H groups in total. The van der Waals surface area contributed by atoms with Crippen molar-refractivity contribution >= 4 is 18.3 Å². The van der Waals surface area contributed by atoms with Crippen LogP contribution >= 0.6 is 12.4 Å². The van der Waals surface area contributed by atoms with Gasteiger partial charge in [-0.25, -0.2) is 0 Å². The third kappa shape index (κ3) is 6.57. The predicted molar refractivity (Wildman–Crippen MR) is 79.5 cm³/mol. The van der Waals surface area contributed by atoms with Crippen molar-refractivity contribution in [3.8, 4) is 0 Å². The monoisotopic (exact) mass is 286 g/mol. The first kappa shape index (κ1) is 17.9. The maximum absolute atomic E-state index is 11.9. The number of nitrogens with one attached hydrogen (secondary N) is 1. The minimum atomic E-state index is -0.515. The molecule has 0 saturated heterocycles. The molecule has 108 valence electrons. The molecule has 0 aliphatic rings. The van der Waals surface area contributed by atoms with Gasteiger partial charge in [0.1, 0.15) is 0 Å². The Morgan fingerprint density at radius 3 is 2.53 bits per heavy atom. The molecule has 0 saturated carbocycles. The molecule has 1 amide bonds. The standard InChI is InChI=1S/C14H22N2O2.ClH/c1-3-12(10-18-2)16-14(17)13(15)9-11-7-5-4-6-8-11;/h4-8,12-13H,3,9-10,15H2,1-2H3,(H,16,17);1H/t12?,13-;/m0./s1. The summed E-state index contributed by atoms with van der Waals surface area (Å²) in [6.45, 7) is 2.52. The normalized spacial score (nSPS) is 13.2. The lowest BCUT2D eigenvalue weighted by atomic mass is 10.1. The van der Waals surface area contributed by atoms with Crippen molar-refractivity contribution in [3.05, 3.63) is 35.9 Å². The van der Waals surface area contributed by atoms with Crippen LogP contribution in [0.25, 0.3) is 0 Å². The van der Waals surface area contributed by atoms with Gasteiger partial charge >= 0.3 is 0 Å². The Morgan fingerprint density at radius 1 is 1.37 bits per heavy atom. The first-order valence-electron chi connectivity index (χ1n) is 6.26. The summed E-state index contributed by atoms with van der Waals surface area (Å²) in [5, 5.41) is 2.90. The van der Waals surface area contributed by atoms with Crippen molar-refractivity contribution in [2.75, 3.05) is 13.7 Å². The maximum Gasteiger partial charge on any atom is 0.237 e. The van der Waals surface area contributed by atoms with Crippen LogP contribution in [0.1, 0.15) is 18.9 Å². The van der Waals surface area contributed by atoms with Crippen LogP contribution in [0.2, 0.25) is 0 Å². The van der Waals surface area contributed by atoms with E-state index in [9.17, 15) is 4.79 Å². The van der Waals surface area contributed by atoms with Crippen molar-refractivity contribution in [3.63, 3.8) is 0 Å². The van der Waals surface area contributed by atoms with Crippen LogP contribution in [-0.4, -0.2) is 31.7 Å². The number of rotatable bonds is 7. The van der Waals surface area contributed by atoms with Gasteiger partial charge in [0.15, 0.2) is 0 Å².